The van der Waals surface area contributed by atoms with Gasteiger partial charge in [-0.3, -0.25) is 0 Å². The molecule has 0 saturated heterocycles. The molecule has 0 heterocycles. The molecule has 3 atom stereocenters. The van der Waals surface area contributed by atoms with Gasteiger partial charge in [-0.15, -0.1) is 0 Å². The molecule has 0 amide bonds. The summed E-state index contributed by atoms with van der Waals surface area (Å²) in [7, 11) is 0. The molecular weight excluding hydrogens is 202 g/mol. The van der Waals surface area contributed by atoms with Gasteiger partial charge in [0.15, 0.2) is 0 Å². The maximum Gasteiger partial charge on any atom is 0.00671 e. The lowest BCUT2D eigenvalue weighted by Crippen LogP contribution is -2.30. The van der Waals surface area contributed by atoms with Crippen LogP contribution < -0.4 is 5.32 Å². The molecule has 1 rings (SSSR count). The summed E-state index contributed by atoms with van der Waals surface area (Å²) in [6.07, 6.45) is 10.6. The van der Waals surface area contributed by atoms with Crippen molar-refractivity contribution in [3.8, 4) is 0 Å². The highest BCUT2D eigenvalue weighted by Crippen LogP contribution is 2.22. The standard InChI is InChI=1S/C13H27NS/c1-11-5-4-6-13(8-7-11)14-10-9-12(2)15-3/h11-14H,4-10H2,1-3H3. The zero-order valence-electron chi connectivity index (χ0n) is 10.6. The fraction of sp³-hybridized carbons (Fsp3) is 1.00. The Morgan fingerprint density at radius 3 is 2.80 bits per heavy atom. The van der Waals surface area contributed by atoms with Crippen LogP contribution in [0.2, 0.25) is 0 Å². The Balaban J connectivity index is 2.10. The van der Waals surface area contributed by atoms with E-state index in [1.54, 1.807) is 0 Å². The number of rotatable bonds is 5. The molecule has 90 valence electrons. The normalized spacial score (nSPS) is 29.8. The lowest BCUT2D eigenvalue weighted by molar-refractivity contribution is 0.445. The van der Waals surface area contributed by atoms with Crippen LogP contribution in [0.15, 0.2) is 0 Å². The summed E-state index contributed by atoms with van der Waals surface area (Å²) >= 11 is 1.98. The van der Waals surface area contributed by atoms with Gasteiger partial charge in [0.2, 0.25) is 0 Å². The molecule has 15 heavy (non-hydrogen) atoms. The van der Waals surface area contributed by atoms with Gasteiger partial charge in [0.1, 0.15) is 0 Å². The quantitative estimate of drug-likeness (QED) is 0.722. The molecule has 1 nitrogen and oxygen atoms in total. The van der Waals surface area contributed by atoms with Crippen molar-refractivity contribution in [2.24, 2.45) is 5.92 Å². The van der Waals surface area contributed by atoms with Gasteiger partial charge >= 0.3 is 0 Å². The summed E-state index contributed by atoms with van der Waals surface area (Å²) < 4.78 is 0. The zero-order chi connectivity index (χ0) is 11.1. The van der Waals surface area contributed by atoms with E-state index >= 15 is 0 Å². The number of hydrogen-bond donors (Lipinski definition) is 1. The fourth-order valence-electron chi connectivity index (χ4n) is 2.30. The molecular formula is C13H27NS. The van der Waals surface area contributed by atoms with Crippen LogP contribution in [-0.4, -0.2) is 24.1 Å². The number of thioether (sulfide) groups is 1. The molecule has 0 spiro atoms. The Labute approximate surface area is 99.8 Å². The van der Waals surface area contributed by atoms with Crippen molar-refractivity contribution in [3.05, 3.63) is 0 Å². The third-order valence-electron chi connectivity index (χ3n) is 3.64. The first-order valence-electron chi connectivity index (χ1n) is 6.48. The van der Waals surface area contributed by atoms with E-state index in [0.717, 1.165) is 17.2 Å². The molecule has 1 aliphatic carbocycles. The average molecular weight is 229 g/mol. The Bertz CT molecular complexity index is 161. The minimum atomic E-state index is 0.808. The van der Waals surface area contributed by atoms with Crippen LogP contribution in [0.25, 0.3) is 0 Å². The highest BCUT2D eigenvalue weighted by Gasteiger charge is 2.15. The summed E-state index contributed by atoms with van der Waals surface area (Å²) in [5.74, 6) is 0.960. The van der Waals surface area contributed by atoms with Crippen molar-refractivity contribution in [1.82, 2.24) is 5.32 Å². The van der Waals surface area contributed by atoms with Crippen LogP contribution in [0, 0.1) is 5.92 Å². The van der Waals surface area contributed by atoms with E-state index in [0.29, 0.717) is 0 Å². The predicted molar refractivity (Wildman–Crippen MR) is 71.6 cm³/mol. The van der Waals surface area contributed by atoms with Gasteiger partial charge in [0.25, 0.3) is 0 Å². The number of nitrogens with one attached hydrogen (secondary N) is 1. The molecule has 1 saturated carbocycles. The molecule has 1 fully saturated rings. The van der Waals surface area contributed by atoms with Crippen molar-refractivity contribution in [2.45, 2.75) is 63.7 Å². The van der Waals surface area contributed by atoms with Gasteiger partial charge in [-0.2, -0.15) is 11.8 Å². The third kappa shape index (κ3) is 5.82. The number of hydrogen-bond acceptors (Lipinski definition) is 2. The minimum absolute atomic E-state index is 0.808. The third-order valence-corrected chi connectivity index (χ3v) is 4.68. The van der Waals surface area contributed by atoms with Crippen LogP contribution in [-0.2, 0) is 0 Å². The highest BCUT2D eigenvalue weighted by molar-refractivity contribution is 7.99. The summed E-state index contributed by atoms with van der Waals surface area (Å²) in [5.41, 5.74) is 0. The first-order chi connectivity index (χ1) is 7.22. The molecule has 3 unspecified atom stereocenters. The maximum atomic E-state index is 3.73. The Hall–Kier alpha value is 0.310. The van der Waals surface area contributed by atoms with Gasteiger partial charge < -0.3 is 5.32 Å². The molecule has 1 aliphatic rings. The van der Waals surface area contributed by atoms with Gasteiger partial charge in [0.05, 0.1) is 0 Å². The van der Waals surface area contributed by atoms with E-state index in [-0.39, 0.29) is 0 Å². The molecule has 2 heteroatoms. The summed E-state index contributed by atoms with van der Waals surface area (Å²) in [4.78, 5) is 0. The van der Waals surface area contributed by atoms with E-state index in [4.69, 9.17) is 0 Å². The van der Waals surface area contributed by atoms with Gasteiger partial charge in [0, 0.05) is 11.3 Å². The van der Waals surface area contributed by atoms with Crippen LogP contribution in [0.4, 0.5) is 0 Å². The smallest absolute Gasteiger partial charge is 0.00671 e. The van der Waals surface area contributed by atoms with Crippen molar-refractivity contribution < 1.29 is 0 Å². The van der Waals surface area contributed by atoms with E-state index in [2.05, 4.69) is 25.4 Å². The largest absolute Gasteiger partial charge is 0.314 e. The van der Waals surface area contributed by atoms with Gasteiger partial charge in [-0.05, 0) is 44.4 Å². The second kappa shape index (κ2) is 7.56. The second-order valence-corrected chi connectivity index (χ2v) is 6.38. The zero-order valence-corrected chi connectivity index (χ0v) is 11.4. The summed E-state index contributed by atoms with van der Waals surface area (Å²) in [5, 5.41) is 4.54. The Kier molecular flexibility index (Phi) is 6.74. The lowest BCUT2D eigenvalue weighted by Gasteiger charge is -2.17. The molecule has 0 aromatic heterocycles. The summed E-state index contributed by atoms with van der Waals surface area (Å²) in [6.45, 7) is 5.93. The molecule has 0 bridgehead atoms. The first kappa shape index (κ1) is 13.4. The SMILES string of the molecule is CSC(C)CCNC1CCCC(C)CC1. The van der Waals surface area contributed by atoms with Crippen molar-refractivity contribution in [2.75, 3.05) is 12.8 Å². The molecule has 0 aromatic carbocycles. The minimum Gasteiger partial charge on any atom is -0.314 e. The maximum absolute atomic E-state index is 3.73. The molecule has 0 aliphatic heterocycles. The van der Waals surface area contributed by atoms with Crippen LogP contribution in [0.5, 0.6) is 0 Å². The first-order valence-corrected chi connectivity index (χ1v) is 7.77. The van der Waals surface area contributed by atoms with Crippen molar-refractivity contribution in [3.63, 3.8) is 0 Å². The Morgan fingerprint density at radius 1 is 1.27 bits per heavy atom. The second-order valence-electron chi connectivity index (χ2n) is 5.10. The van der Waals surface area contributed by atoms with E-state index in [9.17, 15) is 0 Å². The average Bonchev–Trinajstić information content (AvgIpc) is 2.43. The Morgan fingerprint density at radius 2 is 2.07 bits per heavy atom. The molecule has 0 aromatic rings. The molecule has 1 N–H and O–H groups in total. The topological polar surface area (TPSA) is 12.0 Å². The van der Waals surface area contributed by atoms with Crippen LogP contribution >= 0.6 is 11.8 Å². The monoisotopic (exact) mass is 229 g/mol. The molecule has 0 radical (unpaired) electrons. The van der Waals surface area contributed by atoms with Crippen LogP contribution in [0.3, 0.4) is 0 Å². The van der Waals surface area contributed by atoms with Crippen molar-refractivity contribution in [1.29, 1.82) is 0 Å². The van der Waals surface area contributed by atoms with Gasteiger partial charge in [-0.1, -0.05) is 26.7 Å². The highest BCUT2D eigenvalue weighted by atomic mass is 32.2. The van der Waals surface area contributed by atoms with Crippen molar-refractivity contribution >= 4 is 11.8 Å². The summed E-state index contributed by atoms with van der Waals surface area (Å²) in [6, 6.07) is 0.809. The van der Waals surface area contributed by atoms with E-state index in [1.807, 2.05) is 11.8 Å². The fourth-order valence-corrected chi connectivity index (χ4v) is 2.65. The van der Waals surface area contributed by atoms with Crippen LogP contribution in [0.1, 0.15) is 52.4 Å². The predicted octanol–water partition coefficient (Wildman–Crippen LogP) is 3.69. The van der Waals surface area contributed by atoms with Gasteiger partial charge in [-0.25, -0.2) is 0 Å². The van der Waals surface area contributed by atoms with E-state index in [1.165, 1.54) is 45.1 Å². The van der Waals surface area contributed by atoms with E-state index < -0.39 is 0 Å². The lowest BCUT2D eigenvalue weighted by atomic mass is 10.0.